The van der Waals surface area contributed by atoms with Crippen LogP contribution in [0.15, 0.2) is 12.7 Å². The number of hydrogen-bond donors (Lipinski definition) is 2. The number of amides is 1. The average Bonchev–Trinajstić information content (AvgIpc) is 2.11. The first-order valence-corrected chi connectivity index (χ1v) is 4.83. The van der Waals surface area contributed by atoms with Crippen molar-refractivity contribution in [2.45, 2.75) is 18.2 Å². The third-order valence-corrected chi connectivity index (χ3v) is 2.67. The van der Waals surface area contributed by atoms with E-state index >= 15 is 0 Å². The highest BCUT2D eigenvalue weighted by molar-refractivity contribution is 8.00. The number of carbonyl (C=O) groups is 2. The van der Waals surface area contributed by atoms with E-state index in [1.807, 2.05) is 6.92 Å². The Labute approximate surface area is 81.4 Å². The molecule has 13 heavy (non-hydrogen) atoms. The van der Waals surface area contributed by atoms with E-state index in [-0.39, 0.29) is 5.25 Å². The smallest absolute Gasteiger partial charge is 0.327 e. The molecule has 0 radical (unpaired) electrons. The lowest BCUT2D eigenvalue weighted by atomic mass is 10.3. The van der Waals surface area contributed by atoms with Gasteiger partial charge in [-0.15, -0.1) is 6.58 Å². The van der Waals surface area contributed by atoms with E-state index in [0.717, 1.165) is 0 Å². The predicted octanol–water partition coefficient (Wildman–Crippen LogP) is 0.493. The molecule has 2 atom stereocenters. The van der Waals surface area contributed by atoms with Gasteiger partial charge in [-0.3, -0.25) is 4.79 Å². The van der Waals surface area contributed by atoms with Gasteiger partial charge in [-0.2, -0.15) is 11.8 Å². The first-order chi connectivity index (χ1) is 6.11. The van der Waals surface area contributed by atoms with Crippen molar-refractivity contribution in [1.29, 1.82) is 0 Å². The zero-order valence-electron chi connectivity index (χ0n) is 7.40. The number of thioether (sulfide) groups is 1. The van der Waals surface area contributed by atoms with E-state index in [2.05, 4.69) is 11.9 Å². The van der Waals surface area contributed by atoms with Crippen LogP contribution in [0.25, 0.3) is 0 Å². The Kier molecular flexibility index (Phi) is 6.05. The summed E-state index contributed by atoms with van der Waals surface area (Å²) in [5.41, 5.74) is 0. The first-order valence-electron chi connectivity index (χ1n) is 3.78. The summed E-state index contributed by atoms with van der Waals surface area (Å²) >= 11 is 1.43. The molecule has 0 aliphatic rings. The molecule has 0 saturated carbocycles. The van der Waals surface area contributed by atoms with Crippen LogP contribution in [-0.2, 0) is 9.59 Å². The van der Waals surface area contributed by atoms with Gasteiger partial charge in [0.05, 0.1) is 0 Å². The number of carboxylic acids is 1. The van der Waals surface area contributed by atoms with Gasteiger partial charge in [-0.1, -0.05) is 6.08 Å². The topological polar surface area (TPSA) is 66.4 Å². The monoisotopic (exact) mass is 203 g/mol. The minimum Gasteiger partial charge on any atom is -0.480 e. The van der Waals surface area contributed by atoms with E-state index in [1.54, 1.807) is 6.08 Å². The molecular weight excluding hydrogens is 190 g/mol. The number of aliphatic carboxylic acids is 1. The average molecular weight is 203 g/mol. The Hall–Kier alpha value is -0.970. The maximum Gasteiger partial charge on any atom is 0.327 e. The fourth-order valence-corrected chi connectivity index (χ4v) is 1.46. The van der Waals surface area contributed by atoms with Crippen molar-refractivity contribution < 1.29 is 14.7 Å². The van der Waals surface area contributed by atoms with Gasteiger partial charge >= 0.3 is 5.97 Å². The highest BCUT2D eigenvalue weighted by Crippen LogP contribution is 2.12. The summed E-state index contributed by atoms with van der Waals surface area (Å²) in [5, 5.41) is 11.0. The van der Waals surface area contributed by atoms with E-state index in [9.17, 15) is 9.59 Å². The first kappa shape index (κ1) is 12.0. The van der Waals surface area contributed by atoms with Crippen LogP contribution >= 0.6 is 11.8 Å². The molecule has 5 heteroatoms. The SMILES string of the molecule is C=CC(C)SCC(NC=O)C(=O)O. The Balaban J connectivity index is 3.88. The molecule has 0 aromatic rings. The lowest BCUT2D eigenvalue weighted by Crippen LogP contribution is -2.38. The van der Waals surface area contributed by atoms with Crippen LogP contribution in [-0.4, -0.2) is 34.5 Å². The zero-order valence-corrected chi connectivity index (χ0v) is 8.21. The molecule has 0 saturated heterocycles. The largest absolute Gasteiger partial charge is 0.480 e. The number of hydrogen-bond acceptors (Lipinski definition) is 3. The van der Waals surface area contributed by atoms with Crippen molar-refractivity contribution in [3.63, 3.8) is 0 Å². The van der Waals surface area contributed by atoms with Crippen molar-refractivity contribution in [3.05, 3.63) is 12.7 Å². The van der Waals surface area contributed by atoms with Crippen LogP contribution in [0.3, 0.4) is 0 Å². The minimum absolute atomic E-state index is 0.190. The summed E-state index contributed by atoms with van der Waals surface area (Å²) in [6.07, 6.45) is 2.13. The molecule has 2 N–H and O–H groups in total. The van der Waals surface area contributed by atoms with E-state index in [0.29, 0.717) is 12.2 Å². The van der Waals surface area contributed by atoms with Crippen molar-refractivity contribution in [1.82, 2.24) is 5.32 Å². The van der Waals surface area contributed by atoms with E-state index in [4.69, 9.17) is 5.11 Å². The molecule has 0 bridgehead atoms. The predicted molar refractivity (Wildman–Crippen MR) is 52.7 cm³/mol. The Morgan fingerprint density at radius 1 is 1.77 bits per heavy atom. The molecule has 0 aliphatic carbocycles. The van der Waals surface area contributed by atoms with Crippen LogP contribution < -0.4 is 5.32 Å². The summed E-state index contributed by atoms with van der Waals surface area (Å²) in [6, 6.07) is -0.815. The van der Waals surface area contributed by atoms with Gasteiger partial charge < -0.3 is 10.4 Å². The van der Waals surface area contributed by atoms with Crippen LogP contribution in [0.2, 0.25) is 0 Å². The highest BCUT2D eigenvalue weighted by Gasteiger charge is 2.16. The molecule has 0 fully saturated rings. The molecule has 0 aliphatic heterocycles. The Bertz CT molecular complexity index is 196. The normalized spacial score (nSPS) is 14.2. The summed E-state index contributed by atoms with van der Waals surface area (Å²) < 4.78 is 0. The molecule has 0 aromatic heterocycles. The lowest BCUT2D eigenvalue weighted by molar-refractivity contribution is -0.139. The van der Waals surface area contributed by atoms with Gasteiger partial charge in [0.2, 0.25) is 6.41 Å². The van der Waals surface area contributed by atoms with Crippen molar-refractivity contribution in [2.24, 2.45) is 0 Å². The molecular formula is C8H13NO3S. The summed E-state index contributed by atoms with van der Waals surface area (Å²) in [6.45, 7) is 5.49. The van der Waals surface area contributed by atoms with Crippen LogP contribution in [0.4, 0.5) is 0 Å². The number of carbonyl (C=O) groups excluding carboxylic acids is 1. The molecule has 0 aromatic carbocycles. The van der Waals surface area contributed by atoms with Gasteiger partial charge in [0.1, 0.15) is 6.04 Å². The van der Waals surface area contributed by atoms with Gasteiger partial charge in [-0.25, -0.2) is 4.79 Å². The third-order valence-electron chi connectivity index (χ3n) is 1.43. The van der Waals surface area contributed by atoms with E-state index in [1.165, 1.54) is 11.8 Å². The van der Waals surface area contributed by atoms with Crippen LogP contribution in [0.5, 0.6) is 0 Å². The standard InChI is InChI=1S/C8H13NO3S/c1-3-6(2)13-4-7(8(11)12)9-5-10/h3,5-7H,1,4H2,2H3,(H,9,10)(H,11,12). The van der Waals surface area contributed by atoms with Gasteiger partial charge in [0.25, 0.3) is 0 Å². The minimum atomic E-state index is -1.02. The molecule has 2 unspecified atom stereocenters. The number of rotatable bonds is 7. The Morgan fingerprint density at radius 3 is 2.77 bits per heavy atom. The molecule has 4 nitrogen and oxygen atoms in total. The summed E-state index contributed by atoms with van der Waals surface area (Å²) in [5.74, 6) is -0.669. The molecule has 0 spiro atoms. The van der Waals surface area contributed by atoms with Crippen LogP contribution in [0.1, 0.15) is 6.92 Å². The second kappa shape index (κ2) is 6.54. The number of nitrogens with one attached hydrogen (secondary N) is 1. The molecule has 0 rings (SSSR count). The maximum absolute atomic E-state index is 10.5. The van der Waals surface area contributed by atoms with Crippen LogP contribution in [0, 0.1) is 0 Å². The van der Waals surface area contributed by atoms with Gasteiger partial charge in [0.15, 0.2) is 0 Å². The molecule has 0 heterocycles. The summed E-state index contributed by atoms with van der Waals surface area (Å²) in [7, 11) is 0. The second-order valence-corrected chi connectivity index (χ2v) is 3.86. The fraction of sp³-hybridized carbons (Fsp3) is 0.500. The fourth-order valence-electron chi connectivity index (χ4n) is 0.589. The number of carboxylic acid groups (broad SMARTS) is 1. The third kappa shape index (κ3) is 5.30. The maximum atomic E-state index is 10.5. The van der Waals surface area contributed by atoms with Crippen molar-refractivity contribution in [2.75, 3.05) is 5.75 Å². The second-order valence-electron chi connectivity index (χ2n) is 2.45. The lowest BCUT2D eigenvalue weighted by Gasteiger charge is -2.12. The molecule has 74 valence electrons. The Morgan fingerprint density at radius 2 is 2.38 bits per heavy atom. The van der Waals surface area contributed by atoms with E-state index < -0.39 is 12.0 Å². The zero-order chi connectivity index (χ0) is 10.3. The van der Waals surface area contributed by atoms with Crippen molar-refractivity contribution in [3.8, 4) is 0 Å². The van der Waals surface area contributed by atoms with Gasteiger partial charge in [0, 0.05) is 11.0 Å². The highest BCUT2D eigenvalue weighted by atomic mass is 32.2. The molecule has 1 amide bonds. The quantitative estimate of drug-likeness (QED) is 0.467. The van der Waals surface area contributed by atoms with Gasteiger partial charge in [-0.05, 0) is 6.92 Å². The van der Waals surface area contributed by atoms with Crippen molar-refractivity contribution >= 4 is 24.1 Å². The summed E-state index contributed by atoms with van der Waals surface area (Å²) in [4.78, 5) is 20.6.